The highest BCUT2D eigenvalue weighted by molar-refractivity contribution is 5.29. The Labute approximate surface area is 130 Å². The molecule has 1 saturated carbocycles. The normalized spacial score (nSPS) is 16.3. The molecular weight excluding hydrogens is 258 g/mol. The monoisotopic (exact) mass is 289 g/mol. The number of ether oxygens (including phenoxy) is 1. The van der Waals surface area contributed by atoms with Gasteiger partial charge in [-0.15, -0.1) is 0 Å². The lowest BCUT2D eigenvalue weighted by atomic mass is 9.84. The van der Waals surface area contributed by atoms with E-state index in [1.54, 1.807) is 0 Å². The van der Waals surface area contributed by atoms with Crippen molar-refractivity contribution in [2.45, 2.75) is 57.8 Å². The van der Waals surface area contributed by atoms with E-state index < -0.39 is 0 Å². The number of rotatable bonds is 8. The molecule has 1 aliphatic rings. The number of benzene rings is 1. The van der Waals surface area contributed by atoms with Crippen LogP contribution in [0.15, 0.2) is 24.3 Å². The van der Waals surface area contributed by atoms with Crippen molar-refractivity contribution in [3.63, 3.8) is 0 Å². The van der Waals surface area contributed by atoms with Crippen LogP contribution in [0.1, 0.15) is 63.4 Å². The summed E-state index contributed by atoms with van der Waals surface area (Å²) >= 11 is 0. The molecule has 1 fully saturated rings. The van der Waals surface area contributed by atoms with Crippen LogP contribution in [0.5, 0.6) is 5.75 Å². The first-order valence-corrected chi connectivity index (χ1v) is 8.71. The van der Waals surface area contributed by atoms with E-state index in [-0.39, 0.29) is 0 Å². The van der Waals surface area contributed by atoms with Crippen LogP contribution < -0.4 is 4.74 Å². The van der Waals surface area contributed by atoms with Crippen molar-refractivity contribution in [3.05, 3.63) is 29.8 Å². The van der Waals surface area contributed by atoms with Gasteiger partial charge in [-0.1, -0.05) is 38.3 Å². The third-order valence-electron chi connectivity index (χ3n) is 4.51. The van der Waals surface area contributed by atoms with Gasteiger partial charge in [0, 0.05) is 6.54 Å². The average molecular weight is 289 g/mol. The fourth-order valence-corrected chi connectivity index (χ4v) is 3.29. The second-order valence-corrected chi connectivity index (χ2v) is 6.41. The topological polar surface area (TPSA) is 12.5 Å². The van der Waals surface area contributed by atoms with E-state index in [9.17, 15) is 0 Å². The number of nitrogens with zero attached hydrogens (tertiary/aromatic N) is 1. The molecule has 0 radical (unpaired) electrons. The maximum absolute atomic E-state index is 5.85. The van der Waals surface area contributed by atoms with E-state index in [2.05, 4.69) is 43.1 Å². The zero-order valence-electron chi connectivity index (χ0n) is 13.8. The molecular formula is C19H31NO. The van der Waals surface area contributed by atoms with Crippen molar-refractivity contribution in [2.75, 3.05) is 26.7 Å². The SMILES string of the molecule is CCCN(C)CCCOc1ccc(C2CCCCC2)cc1. The van der Waals surface area contributed by atoms with Gasteiger partial charge in [-0.2, -0.15) is 0 Å². The summed E-state index contributed by atoms with van der Waals surface area (Å²) in [7, 11) is 2.18. The van der Waals surface area contributed by atoms with Crippen LogP contribution in [-0.4, -0.2) is 31.6 Å². The van der Waals surface area contributed by atoms with Gasteiger partial charge in [0.1, 0.15) is 5.75 Å². The molecule has 118 valence electrons. The van der Waals surface area contributed by atoms with Crippen LogP contribution in [0.2, 0.25) is 0 Å². The molecule has 0 unspecified atom stereocenters. The smallest absolute Gasteiger partial charge is 0.119 e. The highest BCUT2D eigenvalue weighted by Crippen LogP contribution is 2.33. The highest BCUT2D eigenvalue weighted by Gasteiger charge is 2.15. The van der Waals surface area contributed by atoms with Crippen LogP contribution in [0.25, 0.3) is 0 Å². The molecule has 0 bridgehead atoms. The van der Waals surface area contributed by atoms with E-state index in [1.165, 1.54) is 50.6 Å². The molecule has 0 amide bonds. The third-order valence-corrected chi connectivity index (χ3v) is 4.51. The lowest BCUT2D eigenvalue weighted by molar-refractivity contribution is 0.263. The number of hydrogen-bond acceptors (Lipinski definition) is 2. The fourth-order valence-electron chi connectivity index (χ4n) is 3.29. The molecule has 21 heavy (non-hydrogen) atoms. The van der Waals surface area contributed by atoms with E-state index in [1.807, 2.05) is 0 Å². The molecule has 0 aromatic heterocycles. The summed E-state index contributed by atoms with van der Waals surface area (Å²) in [5.74, 6) is 1.81. The van der Waals surface area contributed by atoms with Gasteiger partial charge in [0.15, 0.2) is 0 Å². The standard InChI is InChI=1S/C19H31NO/c1-3-14-20(2)15-7-16-21-19-12-10-18(11-13-19)17-8-5-4-6-9-17/h10-13,17H,3-9,14-16H2,1-2H3. The van der Waals surface area contributed by atoms with Crippen molar-refractivity contribution in [3.8, 4) is 5.75 Å². The Morgan fingerprint density at radius 1 is 1.05 bits per heavy atom. The molecule has 1 aromatic carbocycles. The van der Waals surface area contributed by atoms with Gasteiger partial charge < -0.3 is 9.64 Å². The first kappa shape index (κ1) is 16.4. The minimum atomic E-state index is 0.787. The van der Waals surface area contributed by atoms with Crippen LogP contribution >= 0.6 is 0 Å². The summed E-state index contributed by atoms with van der Waals surface area (Å²) < 4.78 is 5.85. The van der Waals surface area contributed by atoms with Crippen LogP contribution in [-0.2, 0) is 0 Å². The Morgan fingerprint density at radius 2 is 1.76 bits per heavy atom. The Morgan fingerprint density at radius 3 is 2.43 bits per heavy atom. The maximum Gasteiger partial charge on any atom is 0.119 e. The van der Waals surface area contributed by atoms with Crippen molar-refractivity contribution < 1.29 is 4.74 Å². The van der Waals surface area contributed by atoms with Crippen molar-refractivity contribution in [1.82, 2.24) is 4.90 Å². The molecule has 2 heteroatoms. The molecule has 0 saturated heterocycles. The van der Waals surface area contributed by atoms with Gasteiger partial charge in [-0.3, -0.25) is 0 Å². The lowest BCUT2D eigenvalue weighted by Crippen LogP contribution is -2.21. The number of hydrogen-bond donors (Lipinski definition) is 0. The third kappa shape index (κ3) is 5.70. The molecule has 0 heterocycles. The van der Waals surface area contributed by atoms with Crippen molar-refractivity contribution in [1.29, 1.82) is 0 Å². The molecule has 0 N–H and O–H groups in total. The summed E-state index contributed by atoms with van der Waals surface area (Å²) in [5, 5.41) is 0. The average Bonchev–Trinajstić information content (AvgIpc) is 2.53. The predicted molar refractivity (Wildman–Crippen MR) is 90.2 cm³/mol. The summed E-state index contributed by atoms with van der Waals surface area (Å²) in [5.41, 5.74) is 1.50. The molecule has 1 aromatic rings. The first-order valence-electron chi connectivity index (χ1n) is 8.71. The van der Waals surface area contributed by atoms with E-state index in [4.69, 9.17) is 4.74 Å². The molecule has 1 aliphatic carbocycles. The highest BCUT2D eigenvalue weighted by atomic mass is 16.5. The lowest BCUT2D eigenvalue weighted by Gasteiger charge is -2.22. The van der Waals surface area contributed by atoms with Crippen molar-refractivity contribution in [2.24, 2.45) is 0 Å². The second-order valence-electron chi connectivity index (χ2n) is 6.41. The van der Waals surface area contributed by atoms with Gasteiger partial charge in [-0.25, -0.2) is 0 Å². The van der Waals surface area contributed by atoms with Crippen molar-refractivity contribution >= 4 is 0 Å². The summed E-state index contributed by atoms with van der Waals surface area (Å²) in [6.07, 6.45) is 9.27. The summed E-state index contributed by atoms with van der Waals surface area (Å²) in [6.45, 7) is 5.34. The zero-order chi connectivity index (χ0) is 14.9. The first-order chi connectivity index (χ1) is 10.3. The van der Waals surface area contributed by atoms with Gasteiger partial charge >= 0.3 is 0 Å². The largest absolute Gasteiger partial charge is 0.494 e. The Hall–Kier alpha value is -1.02. The van der Waals surface area contributed by atoms with E-state index in [0.29, 0.717) is 0 Å². The molecule has 0 atom stereocenters. The molecule has 2 rings (SSSR count). The Kier molecular flexibility index (Phi) is 7.08. The van der Waals surface area contributed by atoms with Gasteiger partial charge in [0.05, 0.1) is 6.61 Å². The Balaban J connectivity index is 1.69. The van der Waals surface area contributed by atoms with E-state index in [0.717, 1.165) is 31.2 Å². The zero-order valence-corrected chi connectivity index (χ0v) is 13.8. The van der Waals surface area contributed by atoms with Crippen LogP contribution in [0.3, 0.4) is 0 Å². The van der Waals surface area contributed by atoms with Gasteiger partial charge in [-0.05, 0) is 62.9 Å². The Bertz CT molecular complexity index is 381. The quantitative estimate of drug-likeness (QED) is 0.635. The van der Waals surface area contributed by atoms with E-state index >= 15 is 0 Å². The minimum absolute atomic E-state index is 0.787. The van der Waals surface area contributed by atoms with Gasteiger partial charge in [0.2, 0.25) is 0 Å². The second kappa shape index (κ2) is 9.09. The fraction of sp³-hybridized carbons (Fsp3) is 0.684. The van der Waals surface area contributed by atoms with Crippen LogP contribution in [0, 0.1) is 0 Å². The maximum atomic E-state index is 5.85. The predicted octanol–water partition coefficient (Wildman–Crippen LogP) is 4.85. The summed E-state index contributed by atoms with van der Waals surface area (Å²) in [4.78, 5) is 2.37. The molecule has 2 nitrogen and oxygen atoms in total. The minimum Gasteiger partial charge on any atom is -0.494 e. The molecule has 0 aliphatic heterocycles. The molecule has 0 spiro atoms. The summed E-state index contributed by atoms with van der Waals surface area (Å²) in [6, 6.07) is 8.85. The van der Waals surface area contributed by atoms with Gasteiger partial charge in [0.25, 0.3) is 0 Å². The van der Waals surface area contributed by atoms with Crippen LogP contribution in [0.4, 0.5) is 0 Å².